The summed E-state index contributed by atoms with van der Waals surface area (Å²) in [6.45, 7) is 5.56. The van der Waals surface area contributed by atoms with Crippen LogP contribution in [0, 0.1) is 0 Å². The molecule has 0 aromatic heterocycles. The molecule has 2 aromatic carbocycles. The maximum absolute atomic E-state index is 12.2. The molecule has 0 spiro atoms. The summed E-state index contributed by atoms with van der Waals surface area (Å²) in [6, 6.07) is 14.5. The van der Waals surface area contributed by atoms with Gasteiger partial charge in [-0.3, -0.25) is 9.59 Å². The van der Waals surface area contributed by atoms with Gasteiger partial charge in [0.25, 0.3) is 11.8 Å². The average molecular weight is 434 g/mol. The number of hydrogen-bond donors (Lipinski definition) is 2. The molecule has 1 atom stereocenters. The van der Waals surface area contributed by atoms with Crippen LogP contribution in [0.15, 0.2) is 58.5 Å². The summed E-state index contributed by atoms with van der Waals surface area (Å²) in [5, 5.41) is 7.10. The van der Waals surface area contributed by atoms with Crippen LogP contribution >= 0.6 is 23.4 Å². The van der Waals surface area contributed by atoms with Crippen LogP contribution in [0.2, 0.25) is 5.02 Å². The second-order valence-electron chi connectivity index (χ2n) is 6.53. The van der Waals surface area contributed by atoms with Crippen molar-refractivity contribution >= 4 is 41.4 Å². The number of nitrogens with one attached hydrogen (secondary N) is 2. The Morgan fingerprint density at radius 3 is 2.38 bits per heavy atom. The molecule has 154 valence electrons. The van der Waals surface area contributed by atoms with Gasteiger partial charge in [0.1, 0.15) is 5.75 Å². The molecule has 6 nitrogen and oxygen atoms in total. The number of hydrazone groups is 1. The van der Waals surface area contributed by atoms with Crippen molar-refractivity contribution < 1.29 is 14.3 Å². The topological polar surface area (TPSA) is 79.8 Å². The predicted molar refractivity (Wildman–Crippen MR) is 118 cm³/mol. The van der Waals surface area contributed by atoms with Gasteiger partial charge >= 0.3 is 0 Å². The lowest BCUT2D eigenvalue weighted by molar-refractivity contribution is -0.123. The third-order valence-electron chi connectivity index (χ3n) is 3.58. The highest BCUT2D eigenvalue weighted by molar-refractivity contribution is 8.00. The summed E-state index contributed by atoms with van der Waals surface area (Å²) in [5.74, 6) is 0.217. The zero-order valence-corrected chi connectivity index (χ0v) is 18.1. The zero-order chi connectivity index (χ0) is 21.2. The van der Waals surface area contributed by atoms with Crippen molar-refractivity contribution in [2.45, 2.75) is 37.0 Å². The van der Waals surface area contributed by atoms with E-state index in [0.717, 1.165) is 10.5 Å². The second kappa shape index (κ2) is 11.5. The molecule has 0 aliphatic heterocycles. The fourth-order valence-electron chi connectivity index (χ4n) is 2.19. The van der Waals surface area contributed by atoms with Gasteiger partial charge in [-0.05, 0) is 74.9 Å². The first kappa shape index (κ1) is 22.8. The lowest BCUT2D eigenvalue weighted by atomic mass is 10.2. The number of ether oxygens (including phenoxy) is 1. The van der Waals surface area contributed by atoms with E-state index in [9.17, 15) is 9.59 Å². The van der Waals surface area contributed by atoms with Crippen LogP contribution in [-0.4, -0.2) is 35.9 Å². The van der Waals surface area contributed by atoms with Crippen LogP contribution < -0.4 is 15.5 Å². The Labute approximate surface area is 180 Å². The summed E-state index contributed by atoms with van der Waals surface area (Å²) in [5.41, 5.74) is 3.33. The summed E-state index contributed by atoms with van der Waals surface area (Å²) >= 11 is 7.29. The average Bonchev–Trinajstić information content (AvgIpc) is 2.68. The molecule has 29 heavy (non-hydrogen) atoms. The molecule has 0 radical (unpaired) electrons. The van der Waals surface area contributed by atoms with Crippen molar-refractivity contribution in [1.82, 2.24) is 10.7 Å². The van der Waals surface area contributed by atoms with Crippen molar-refractivity contribution in [1.29, 1.82) is 0 Å². The van der Waals surface area contributed by atoms with Crippen molar-refractivity contribution in [3.8, 4) is 5.75 Å². The molecule has 2 N–H and O–H groups in total. The number of carbonyl (C=O) groups excluding carboxylic acids is 2. The Morgan fingerprint density at radius 1 is 1.10 bits per heavy atom. The van der Waals surface area contributed by atoms with Gasteiger partial charge in [-0.1, -0.05) is 11.6 Å². The van der Waals surface area contributed by atoms with Gasteiger partial charge in [-0.15, -0.1) is 11.8 Å². The molecule has 0 bridgehead atoms. The summed E-state index contributed by atoms with van der Waals surface area (Å²) in [4.78, 5) is 24.7. The van der Waals surface area contributed by atoms with Crippen LogP contribution in [0.5, 0.6) is 5.75 Å². The molecule has 0 aliphatic rings. The first-order valence-electron chi connectivity index (χ1n) is 9.11. The van der Waals surface area contributed by atoms with E-state index in [1.54, 1.807) is 42.6 Å². The van der Waals surface area contributed by atoms with Crippen LogP contribution in [0.1, 0.15) is 26.3 Å². The Morgan fingerprint density at radius 2 is 1.76 bits per heavy atom. The summed E-state index contributed by atoms with van der Waals surface area (Å²) < 4.78 is 5.42. The first-order chi connectivity index (χ1) is 13.8. The van der Waals surface area contributed by atoms with Crippen molar-refractivity contribution in [3.05, 3.63) is 59.1 Å². The Kier molecular flexibility index (Phi) is 9.02. The molecule has 2 aromatic rings. The number of nitrogens with zero attached hydrogens (tertiary/aromatic N) is 1. The van der Waals surface area contributed by atoms with Crippen LogP contribution in [0.25, 0.3) is 0 Å². The van der Waals surface area contributed by atoms with E-state index in [2.05, 4.69) is 15.8 Å². The fraction of sp³-hybridized carbons (Fsp3) is 0.286. The number of benzene rings is 2. The molecule has 0 heterocycles. The SMILES string of the molecule is CC(C)NC(=O)COc1ccc(/C=N\NC(=O)[C@@H](C)Sc2ccc(Cl)cc2)cc1. The molecule has 0 saturated carbocycles. The van der Waals surface area contributed by atoms with E-state index < -0.39 is 0 Å². The third-order valence-corrected chi connectivity index (χ3v) is 4.95. The van der Waals surface area contributed by atoms with Gasteiger partial charge in [0.2, 0.25) is 0 Å². The first-order valence-corrected chi connectivity index (χ1v) is 10.4. The van der Waals surface area contributed by atoms with E-state index in [1.165, 1.54) is 11.8 Å². The summed E-state index contributed by atoms with van der Waals surface area (Å²) in [6.07, 6.45) is 1.55. The number of halogens is 1. The monoisotopic (exact) mass is 433 g/mol. The maximum Gasteiger partial charge on any atom is 0.258 e. The van der Waals surface area contributed by atoms with Gasteiger partial charge in [-0.2, -0.15) is 5.10 Å². The van der Waals surface area contributed by atoms with E-state index >= 15 is 0 Å². The maximum atomic E-state index is 12.2. The van der Waals surface area contributed by atoms with Crippen LogP contribution in [0.3, 0.4) is 0 Å². The van der Waals surface area contributed by atoms with Crippen LogP contribution in [0.4, 0.5) is 0 Å². The zero-order valence-electron chi connectivity index (χ0n) is 16.5. The number of amides is 2. The smallest absolute Gasteiger partial charge is 0.258 e. The molecule has 0 fully saturated rings. The highest BCUT2D eigenvalue weighted by atomic mass is 35.5. The largest absolute Gasteiger partial charge is 0.484 e. The lowest BCUT2D eigenvalue weighted by Gasteiger charge is -2.10. The molecule has 0 unspecified atom stereocenters. The number of carbonyl (C=O) groups is 2. The van der Waals surface area contributed by atoms with Crippen LogP contribution in [-0.2, 0) is 9.59 Å². The Balaban J connectivity index is 1.78. The van der Waals surface area contributed by atoms with Gasteiger partial charge in [0.15, 0.2) is 6.61 Å². The second-order valence-corrected chi connectivity index (χ2v) is 8.38. The van der Waals surface area contributed by atoms with Crippen molar-refractivity contribution in [3.63, 3.8) is 0 Å². The molecule has 0 aliphatic carbocycles. The molecule has 2 amide bonds. The predicted octanol–water partition coefficient (Wildman–Crippen LogP) is 3.87. The molecular weight excluding hydrogens is 410 g/mol. The number of thioether (sulfide) groups is 1. The van der Waals surface area contributed by atoms with E-state index in [-0.39, 0.29) is 29.7 Å². The van der Waals surface area contributed by atoms with Gasteiger partial charge in [-0.25, -0.2) is 5.43 Å². The number of rotatable bonds is 9. The Hall–Kier alpha value is -2.51. The van der Waals surface area contributed by atoms with Gasteiger partial charge < -0.3 is 10.1 Å². The quantitative estimate of drug-likeness (QED) is 0.357. The minimum atomic E-state index is -0.305. The standard InChI is InChI=1S/C21H24ClN3O3S/c1-14(2)24-20(26)13-28-18-8-4-16(5-9-18)12-23-25-21(27)15(3)29-19-10-6-17(22)7-11-19/h4-12,14-15H,13H2,1-3H3,(H,24,26)(H,25,27)/b23-12-/t15-/m1/s1. The Bertz CT molecular complexity index is 839. The molecular formula is C21H24ClN3O3S. The lowest BCUT2D eigenvalue weighted by Crippen LogP contribution is -2.34. The summed E-state index contributed by atoms with van der Waals surface area (Å²) in [7, 11) is 0. The third kappa shape index (κ3) is 8.58. The minimum absolute atomic E-state index is 0.0369. The fourth-order valence-corrected chi connectivity index (χ4v) is 3.18. The van der Waals surface area contributed by atoms with E-state index in [1.807, 2.05) is 32.9 Å². The number of hydrogen-bond acceptors (Lipinski definition) is 5. The normalized spacial score (nSPS) is 12.0. The van der Waals surface area contributed by atoms with Crippen molar-refractivity contribution in [2.24, 2.45) is 5.10 Å². The van der Waals surface area contributed by atoms with Gasteiger partial charge in [0.05, 0.1) is 11.5 Å². The van der Waals surface area contributed by atoms with Gasteiger partial charge in [0, 0.05) is 16.0 Å². The molecule has 0 saturated heterocycles. The highest BCUT2D eigenvalue weighted by Crippen LogP contribution is 2.24. The minimum Gasteiger partial charge on any atom is -0.484 e. The molecule has 2 rings (SSSR count). The van der Waals surface area contributed by atoms with Crippen molar-refractivity contribution in [2.75, 3.05) is 6.61 Å². The highest BCUT2D eigenvalue weighted by Gasteiger charge is 2.13. The van der Waals surface area contributed by atoms with E-state index in [0.29, 0.717) is 10.8 Å². The molecule has 8 heteroatoms. The van der Waals surface area contributed by atoms with E-state index in [4.69, 9.17) is 16.3 Å².